The number of aliphatic imine (C=N–C) groups is 1. The molecule has 0 saturated carbocycles. The van der Waals surface area contributed by atoms with E-state index in [0.29, 0.717) is 23.4 Å². The van der Waals surface area contributed by atoms with E-state index in [0.717, 1.165) is 48.0 Å². The number of alkyl halides is 6. The summed E-state index contributed by atoms with van der Waals surface area (Å²) in [6.07, 6.45) is 1.49. The molecule has 0 aliphatic carbocycles. The Labute approximate surface area is 422 Å². The Hall–Kier alpha value is -3.42. The minimum absolute atomic E-state index is 0.0130. The molecule has 374 valence electrons. The number of hydrogen-bond acceptors (Lipinski definition) is 11. The molecule has 69 heavy (non-hydrogen) atoms. The summed E-state index contributed by atoms with van der Waals surface area (Å²) < 4.78 is 145. The van der Waals surface area contributed by atoms with Gasteiger partial charge >= 0.3 is 11.7 Å². The molecule has 3 N–H and O–H groups in total. The highest BCUT2D eigenvalue weighted by atomic mass is 127. The zero-order chi connectivity index (χ0) is 49.9. The molecule has 0 bridgehead atoms. The first-order valence-electron chi connectivity index (χ1n) is 21.7. The van der Waals surface area contributed by atoms with Crippen LogP contribution in [0, 0.1) is 0 Å². The average molecular weight is 1170 g/mol. The van der Waals surface area contributed by atoms with Gasteiger partial charge in [-0.05, 0) is 89.5 Å². The average Bonchev–Trinajstić information content (AvgIpc) is 3.30. The van der Waals surface area contributed by atoms with Crippen molar-refractivity contribution < 1.29 is 43.2 Å². The molecule has 23 heteroatoms. The maximum Gasteiger partial charge on any atom is 0.501 e. The van der Waals surface area contributed by atoms with E-state index in [9.17, 15) is 43.2 Å². The molecule has 11 nitrogen and oxygen atoms in total. The lowest BCUT2D eigenvalue weighted by Crippen LogP contribution is -2.54. The largest absolute Gasteiger partial charge is 0.501 e. The molecule has 3 aromatic carbocycles. The van der Waals surface area contributed by atoms with Crippen molar-refractivity contribution >= 4 is 89.0 Å². The van der Waals surface area contributed by atoms with E-state index < -0.39 is 92.2 Å². The van der Waals surface area contributed by atoms with E-state index in [4.69, 9.17) is 23.2 Å². The van der Waals surface area contributed by atoms with Crippen LogP contribution in [0.2, 0.25) is 5.02 Å². The number of sulfone groups is 1. The standard InChI is InChI=1S/C46H50Cl2F6IN7O4S3/c1-29(35-8-4-5-9-36(35)39-15-13-31(47)25-55-39)61-21-17-33(18-22-61)62-23-19-37-40(27-62)57-44(45(49,50)51)58-43(37)59-69(65,66)34-14-12-30(42(24-34)68(63,64)46(52,53)54)26-56-32(16-20-60(2)3)28-67-41-11-7-6-10-38(41)48/h4-16,20,24-25,29,32-33,44,56-57H,17-19,21-23,26-28H2,1-3H3,(H,58,59)/b20-16+/t29?,32-,44?/m1/s1. The quantitative estimate of drug-likeness (QED) is 0.0770. The van der Waals surface area contributed by atoms with Gasteiger partial charge in [-0.25, -0.2) is 21.8 Å². The summed E-state index contributed by atoms with van der Waals surface area (Å²) in [6.45, 7) is 3.59. The maximum absolute atomic E-state index is 14.4. The van der Waals surface area contributed by atoms with Gasteiger partial charge in [0.1, 0.15) is 5.84 Å². The van der Waals surface area contributed by atoms with E-state index in [1.807, 2.05) is 18.2 Å². The number of piperidine rings is 1. The second kappa shape index (κ2) is 22.1. The summed E-state index contributed by atoms with van der Waals surface area (Å²) >= 11 is 13.5. The van der Waals surface area contributed by atoms with Crippen LogP contribution < -0.4 is 15.4 Å². The van der Waals surface area contributed by atoms with Gasteiger partial charge in [0.25, 0.3) is 19.9 Å². The maximum atomic E-state index is 14.4. The Kier molecular flexibility index (Phi) is 17.1. The van der Waals surface area contributed by atoms with Crippen LogP contribution in [0.15, 0.2) is 127 Å². The molecule has 1 saturated heterocycles. The fraction of sp³-hybridized carbons (Fsp3) is 0.391. The summed E-state index contributed by atoms with van der Waals surface area (Å²) in [5, 5.41) is 6.73. The van der Waals surface area contributed by atoms with Gasteiger partial charge in [-0.1, -0.05) is 92.5 Å². The van der Waals surface area contributed by atoms with E-state index in [-0.39, 0.29) is 36.3 Å². The summed E-state index contributed by atoms with van der Waals surface area (Å²) in [5.74, 6) is -0.309. The van der Waals surface area contributed by atoms with Crippen molar-refractivity contribution in [3.05, 3.63) is 129 Å². The Bertz CT molecular complexity index is 2820. The number of benzene rings is 3. The van der Waals surface area contributed by atoms with Crippen molar-refractivity contribution in [2.75, 3.05) is 46.0 Å². The Morgan fingerprint density at radius 3 is 2.35 bits per heavy atom. The van der Waals surface area contributed by atoms with Crippen LogP contribution in [0.25, 0.3) is 3.58 Å². The lowest BCUT2D eigenvalue weighted by atomic mass is 9.94. The molecular weight excluding hydrogens is 1120 g/mol. The lowest BCUT2D eigenvalue weighted by molar-refractivity contribution is -0.152. The van der Waals surface area contributed by atoms with Crippen molar-refractivity contribution in [1.29, 1.82) is 0 Å². The minimum Gasteiger partial charge on any atom is -0.384 e. The minimum atomic E-state index is -6.15. The van der Waals surface area contributed by atoms with Gasteiger partial charge in [-0.15, -0.1) is 11.8 Å². The third-order valence-corrected chi connectivity index (χ3v) is 19.8. The zero-order valence-corrected chi connectivity index (χ0v) is 43.6. The number of thioether (sulfide) groups is 1. The fourth-order valence-corrected chi connectivity index (χ4v) is 14.2. The highest BCUT2D eigenvalue weighted by Gasteiger charge is 2.49. The second-order valence-corrected chi connectivity index (χ2v) is 24.8. The number of amidine groups is 1. The van der Waals surface area contributed by atoms with Crippen LogP contribution in [0.4, 0.5) is 26.3 Å². The molecule has 7 rings (SSSR count). The van der Waals surface area contributed by atoms with Crippen molar-refractivity contribution in [3.63, 3.8) is 0 Å². The van der Waals surface area contributed by atoms with Crippen LogP contribution in [0.1, 0.15) is 48.9 Å². The summed E-state index contributed by atoms with van der Waals surface area (Å²) in [6, 6.07) is 17.1. The molecule has 4 aliphatic heterocycles. The highest BCUT2D eigenvalue weighted by Crippen LogP contribution is 2.39. The summed E-state index contributed by atoms with van der Waals surface area (Å²) in [7, 11) is -7.66. The SMILES string of the molecule is CC(c1ccccc1C1=CC=C(Cl)C=I1)N1CCC(N2CCC3=C(C2)NC(C(F)(F)F)N=C3NS(=O)(=O)c2ccc(CN[C@H](/C=C/N(C)C)CSc3ccccc3Cl)c(S(=O)(=O)C(F)(F)F)c2)CC1. The number of halogens is 9. The van der Waals surface area contributed by atoms with Gasteiger partial charge in [0.2, 0.25) is 6.17 Å². The summed E-state index contributed by atoms with van der Waals surface area (Å²) in [5.41, 5.74) is -3.54. The molecule has 1 fully saturated rings. The van der Waals surface area contributed by atoms with Crippen LogP contribution >= 0.6 is 55.7 Å². The topological polar surface area (TPSA) is 126 Å². The second-order valence-electron chi connectivity index (χ2n) is 16.9. The number of likely N-dealkylation sites (tertiary alicyclic amines) is 1. The van der Waals surface area contributed by atoms with E-state index in [1.54, 1.807) is 55.5 Å². The highest BCUT2D eigenvalue weighted by molar-refractivity contribution is 14.2. The molecule has 0 spiro atoms. The molecule has 2 unspecified atom stereocenters. The van der Waals surface area contributed by atoms with Gasteiger partial charge < -0.3 is 15.5 Å². The van der Waals surface area contributed by atoms with Crippen LogP contribution in [-0.4, -0.2) is 117 Å². The Balaban J connectivity index is 1.08. The van der Waals surface area contributed by atoms with Crippen LogP contribution in [0.5, 0.6) is 0 Å². The Morgan fingerprint density at radius 1 is 0.971 bits per heavy atom. The Morgan fingerprint density at radius 2 is 1.68 bits per heavy atom. The smallest absolute Gasteiger partial charge is 0.384 e. The molecule has 4 heterocycles. The van der Waals surface area contributed by atoms with E-state index >= 15 is 0 Å². The molecule has 0 radical (unpaired) electrons. The van der Waals surface area contributed by atoms with Crippen molar-refractivity contribution in [2.45, 2.75) is 83.4 Å². The van der Waals surface area contributed by atoms with Crippen molar-refractivity contribution in [1.82, 2.24) is 30.1 Å². The van der Waals surface area contributed by atoms with Crippen LogP contribution in [-0.2, 0) is 26.4 Å². The number of sulfonamides is 1. The number of hydrogen-bond donors (Lipinski definition) is 3. The fourth-order valence-electron chi connectivity index (χ4n) is 8.39. The number of allylic oxidation sites excluding steroid dienone is 3. The first-order chi connectivity index (χ1) is 32.5. The third kappa shape index (κ3) is 13.0. The zero-order valence-electron chi connectivity index (χ0n) is 37.5. The first-order valence-corrected chi connectivity index (χ1v) is 28.7. The van der Waals surface area contributed by atoms with E-state index in [1.165, 1.54) is 26.5 Å². The summed E-state index contributed by atoms with van der Waals surface area (Å²) in [4.78, 5) is 8.39. The van der Waals surface area contributed by atoms with E-state index in [2.05, 4.69) is 59.3 Å². The van der Waals surface area contributed by atoms with Crippen LogP contribution in [0.3, 0.4) is 0 Å². The van der Waals surface area contributed by atoms with Gasteiger partial charge in [-0.2, -0.15) is 26.3 Å². The molecular formula is C46H50Cl2F6IN7O4S3. The molecule has 0 aromatic heterocycles. The number of nitrogens with zero attached hydrogens (tertiary/aromatic N) is 4. The molecule has 4 aliphatic rings. The monoisotopic (exact) mass is 1170 g/mol. The van der Waals surface area contributed by atoms with Crippen molar-refractivity contribution in [3.8, 4) is 0 Å². The van der Waals surface area contributed by atoms with Gasteiger partial charge in [-0.3, -0.25) is 14.5 Å². The molecule has 3 aromatic rings. The number of rotatable bonds is 15. The van der Waals surface area contributed by atoms with Gasteiger partial charge in [0, 0.05) is 95.5 Å². The van der Waals surface area contributed by atoms with Crippen molar-refractivity contribution in [2.24, 2.45) is 4.99 Å². The third-order valence-electron chi connectivity index (χ3n) is 12.0. The predicted octanol–water partition coefficient (Wildman–Crippen LogP) is 9.56. The molecule has 3 atom stereocenters. The van der Waals surface area contributed by atoms with Gasteiger partial charge in [0.15, 0.2) is 0 Å². The normalized spacial score (nSPS) is 20.0. The predicted molar refractivity (Wildman–Crippen MR) is 271 cm³/mol. The number of nitrogens with one attached hydrogen (secondary N) is 3. The van der Waals surface area contributed by atoms with Gasteiger partial charge in [0.05, 0.1) is 14.8 Å². The first kappa shape index (κ1) is 53.4. The molecule has 0 amide bonds. The lowest BCUT2D eigenvalue weighted by Gasteiger charge is -2.44.